The Labute approximate surface area is 244 Å². The van der Waals surface area contributed by atoms with Crippen LogP contribution in [0.5, 0.6) is 5.75 Å². The van der Waals surface area contributed by atoms with Gasteiger partial charge in [-0.05, 0) is 73.4 Å². The number of carboxylic acid groups (broad SMARTS) is 1. The number of thiocarbonyl (C=S) groups is 1. The van der Waals surface area contributed by atoms with E-state index in [2.05, 4.69) is 29.2 Å². The van der Waals surface area contributed by atoms with Gasteiger partial charge in [-0.2, -0.15) is 0 Å². The number of thiazole rings is 1. The van der Waals surface area contributed by atoms with Crippen molar-refractivity contribution in [3.63, 3.8) is 0 Å². The van der Waals surface area contributed by atoms with Crippen molar-refractivity contribution in [1.29, 1.82) is 0 Å². The molecule has 2 aromatic carbocycles. The molecule has 2 aliphatic heterocycles. The molecular weight excluding hydrogens is 567 g/mol. The van der Waals surface area contributed by atoms with E-state index in [1.165, 1.54) is 20.7 Å². The summed E-state index contributed by atoms with van der Waals surface area (Å²) in [5, 5.41) is 9.50. The summed E-state index contributed by atoms with van der Waals surface area (Å²) in [7, 11) is 1.66. The molecule has 3 aliphatic rings. The lowest BCUT2D eigenvalue weighted by atomic mass is 9.96. The fraction of sp³-hybridized carbons (Fsp3) is 0.310. The maximum Gasteiger partial charge on any atom is 0.323 e. The van der Waals surface area contributed by atoms with Gasteiger partial charge in [-0.15, -0.1) is 11.3 Å². The second-order valence-corrected chi connectivity index (χ2v) is 12.6. The van der Waals surface area contributed by atoms with Gasteiger partial charge in [0.15, 0.2) is 0 Å². The standard InChI is InChI=1S/C29H27N3O5S3/c1-3-30-27(36)25(40-29(30)38)28-31(15-24(33)34)26(35)23(39-28)14-16-7-12-22-20(13-16)19-5-4-6-21(19)32(22)17-8-10-18(37-2)11-9-17/h7-14,19,21H,3-6,15H2,1-2H3,(H,33,34)/b23-14+,28-25+. The Hall–Kier alpha value is -3.41. The summed E-state index contributed by atoms with van der Waals surface area (Å²) in [4.78, 5) is 42.2. The Bertz CT molecular complexity index is 1730. The number of rotatable bonds is 6. The summed E-state index contributed by atoms with van der Waals surface area (Å²) < 4.78 is 7.63. The first kappa shape index (κ1) is 26.8. The van der Waals surface area contributed by atoms with Gasteiger partial charge in [-0.1, -0.05) is 36.5 Å². The number of carbonyl (C=O) groups excluding carboxylic acids is 1. The van der Waals surface area contributed by atoms with Crippen molar-refractivity contribution in [2.24, 2.45) is 0 Å². The smallest absolute Gasteiger partial charge is 0.323 e. The number of carboxylic acids is 1. The molecule has 0 radical (unpaired) electrons. The first-order valence-corrected chi connectivity index (χ1v) is 15.1. The lowest BCUT2D eigenvalue weighted by Gasteiger charge is -2.27. The van der Waals surface area contributed by atoms with Crippen LogP contribution in [0.1, 0.15) is 43.2 Å². The molecule has 206 valence electrons. The predicted octanol–water partition coefficient (Wildman–Crippen LogP) is 3.61. The van der Waals surface area contributed by atoms with E-state index in [0.29, 0.717) is 36.9 Å². The SMILES string of the molecule is CCN1C(=O)/C(=c2\s/c(=C/c3ccc4c(c3)C3CCCC3N4c3ccc(OC)cc3)c(=O)n2CC(=O)O)SC1=S. The summed E-state index contributed by atoms with van der Waals surface area (Å²) in [6.07, 6.45) is 5.17. The molecule has 1 amide bonds. The quantitative estimate of drug-likeness (QED) is 0.434. The van der Waals surface area contributed by atoms with Gasteiger partial charge >= 0.3 is 5.97 Å². The lowest BCUT2D eigenvalue weighted by molar-refractivity contribution is -0.137. The fourth-order valence-electron chi connectivity index (χ4n) is 5.96. The Morgan fingerprint density at radius 1 is 1.18 bits per heavy atom. The molecule has 11 heteroatoms. The minimum absolute atomic E-state index is 0.298. The third-order valence-electron chi connectivity index (χ3n) is 7.73. The molecule has 40 heavy (non-hydrogen) atoms. The van der Waals surface area contributed by atoms with Crippen molar-refractivity contribution in [3.8, 4) is 5.75 Å². The van der Waals surface area contributed by atoms with Crippen molar-refractivity contribution >= 4 is 73.9 Å². The number of hydrogen-bond donors (Lipinski definition) is 1. The summed E-state index contributed by atoms with van der Waals surface area (Å²) in [6.45, 7) is 1.70. The van der Waals surface area contributed by atoms with Crippen LogP contribution in [0.2, 0.25) is 0 Å². The van der Waals surface area contributed by atoms with Crippen LogP contribution in [0.15, 0.2) is 47.3 Å². The van der Waals surface area contributed by atoms with Gasteiger partial charge in [0.2, 0.25) is 0 Å². The van der Waals surface area contributed by atoms with E-state index in [1.807, 2.05) is 25.1 Å². The number of benzene rings is 2. The van der Waals surface area contributed by atoms with Crippen LogP contribution in [-0.2, 0) is 16.1 Å². The first-order chi connectivity index (χ1) is 19.3. The zero-order chi connectivity index (χ0) is 28.1. The highest BCUT2D eigenvalue weighted by Crippen LogP contribution is 2.52. The normalized spacial score (nSPS) is 21.8. The van der Waals surface area contributed by atoms with Gasteiger partial charge in [0.25, 0.3) is 11.5 Å². The molecular formula is C29H27N3O5S3. The summed E-state index contributed by atoms with van der Waals surface area (Å²) in [5.74, 6) is -0.229. The number of hydrogen-bond acceptors (Lipinski definition) is 8. The van der Waals surface area contributed by atoms with E-state index in [4.69, 9.17) is 17.0 Å². The fourth-order valence-corrected chi connectivity index (χ4v) is 8.60. The van der Waals surface area contributed by atoms with Crippen molar-refractivity contribution in [3.05, 3.63) is 73.1 Å². The first-order valence-electron chi connectivity index (χ1n) is 13.1. The van der Waals surface area contributed by atoms with Gasteiger partial charge in [0, 0.05) is 29.9 Å². The van der Waals surface area contributed by atoms with Gasteiger partial charge in [-0.3, -0.25) is 23.9 Å². The Balaban J connectivity index is 1.45. The maximum absolute atomic E-state index is 13.4. The molecule has 1 N–H and O–H groups in total. The molecule has 1 aliphatic carbocycles. The molecule has 3 heterocycles. The van der Waals surface area contributed by atoms with Crippen LogP contribution < -0.4 is 24.4 Å². The van der Waals surface area contributed by atoms with E-state index >= 15 is 0 Å². The Morgan fingerprint density at radius 2 is 1.95 bits per heavy atom. The van der Waals surface area contributed by atoms with Crippen molar-refractivity contribution < 1.29 is 19.4 Å². The number of thioether (sulfide) groups is 1. The minimum Gasteiger partial charge on any atom is -0.497 e. The number of aliphatic carboxylic acids is 1. The van der Waals surface area contributed by atoms with Crippen LogP contribution in [0.25, 0.3) is 11.0 Å². The van der Waals surface area contributed by atoms with Crippen LogP contribution in [0.4, 0.5) is 11.4 Å². The number of ether oxygens (including phenoxy) is 1. The van der Waals surface area contributed by atoms with Crippen LogP contribution >= 0.6 is 35.3 Å². The highest BCUT2D eigenvalue weighted by atomic mass is 32.2. The average molecular weight is 594 g/mol. The Kier molecular flexibility index (Phi) is 7.05. The topological polar surface area (TPSA) is 92.1 Å². The number of carbonyl (C=O) groups is 2. The molecule has 2 unspecified atom stereocenters. The molecule has 6 rings (SSSR count). The van der Waals surface area contributed by atoms with Crippen molar-refractivity contribution in [2.45, 2.75) is 44.7 Å². The maximum atomic E-state index is 13.4. The monoisotopic (exact) mass is 593 g/mol. The second-order valence-electron chi connectivity index (χ2n) is 9.94. The molecule has 2 atom stereocenters. The number of aromatic nitrogens is 1. The number of fused-ring (bicyclic) bond motifs is 3. The number of nitrogens with zero attached hydrogens (tertiary/aromatic N) is 3. The lowest BCUT2D eigenvalue weighted by Crippen LogP contribution is -2.35. The molecule has 1 aromatic heterocycles. The Morgan fingerprint density at radius 3 is 2.62 bits per heavy atom. The minimum atomic E-state index is -1.15. The summed E-state index contributed by atoms with van der Waals surface area (Å²) in [5.41, 5.74) is 4.00. The van der Waals surface area contributed by atoms with Gasteiger partial charge < -0.3 is 14.7 Å². The molecule has 2 fully saturated rings. The van der Waals surface area contributed by atoms with E-state index in [1.54, 1.807) is 13.2 Å². The average Bonchev–Trinajstić information content (AvgIpc) is 3.67. The molecule has 8 nitrogen and oxygen atoms in total. The summed E-state index contributed by atoms with van der Waals surface area (Å²) >= 11 is 7.59. The predicted molar refractivity (Wildman–Crippen MR) is 162 cm³/mol. The van der Waals surface area contributed by atoms with E-state index in [-0.39, 0.29) is 5.91 Å². The second kappa shape index (κ2) is 10.5. The molecule has 0 spiro atoms. The van der Waals surface area contributed by atoms with Crippen molar-refractivity contribution in [1.82, 2.24) is 9.47 Å². The highest BCUT2D eigenvalue weighted by molar-refractivity contribution is 8.30. The molecule has 1 saturated heterocycles. The molecule has 0 bridgehead atoms. The van der Waals surface area contributed by atoms with Gasteiger partial charge in [-0.25, -0.2) is 0 Å². The highest BCUT2D eigenvalue weighted by Gasteiger charge is 2.42. The van der Waals surface area contributed by atoms with E-state index in [0.717, 1.165) is 59.4 Å². The van der Waals surface area contributed by atoms with Crippen LogP contribution in [-0.4, -0.2) is 50.5 Å². The summed E-state index contributed by atoms with van der Waals surface area (Å²) in [6, 6.07) is 14.8. The number of anilines is 2. The number of methoxy groups -OCH3 is 1. The third kappa shape index (κ3) is 4.46. The zero-order valence-corrected chi connectivity index (χ0v) is 24.4. The van der Waals surface area contributed by atoms with Gasteiger partial charge in [0.1, 0.15) is 26.2 Å². The van der Waals surface area contributed by atoms with E-state index in [9.17, 15) is 19.5 Å². The zero-order valence-electron chi connectivity index (χ0n) is 22.0. The molecule has 3 aromatic rings. The van der Waals surface area contributed by atoms with E-state index < -0.39 is 18.1 Å². The number of amides is 1. The molecule has 1 saturated carbocycles. The van der Waals surface area contributed by atoms with Crippen LogP contribution in [0, 0.1) is 0 Å². The largest absolute Gasteiger partial charge is 0.497 e. The van der Waals surface area contributed by atoms with Crippen LogP contribution in [0.3, 0.4) is 0 Å². The third-order valence-corrected chi connectivity index (χ3v) is 10.4. The van der Waals surface area contributed by atoms with Crippen molar-refractivity contribution in [2.75, 3.05) is 18.6 Å². The van der Waals surface area contributed by atoms with Gasteiger partial charge in [0.05, 0.1) is 11.6 Å².